The first-order chi connectivity index (χ1) is 4.57. The standard InChI is InChI=1S/C6H9NO3/c1-3-5(9)7-6(10)4(2)8/h8H,2-3H2,1H3,(H,7,9,10). The highest BCUT2D eigenvalue weighted by Gasteiger charge is 2.06. The third-order valence-electron chi connectivity index (χ3n) is 0.836. The number of carbonyl (C=O) groups excluding carboxylic acids is 2. The molecule has 0 saturated heterocycles. The smallest absolute Gasteiger partial charge is 0.292 e. The van der Waals surface area contributed by atoms with Crippen molar-refractivity contribution in [3.8, 4) is 0 Å². The van der Waals surface area contributed by atoms with Crippen molar-refractivity contribution in [3.63, 3.8) is 0 Å². The topological polar surface area (TPSA) is 66.4 Å². The summed E-state index contributed by atoms with van der Waals surface area (Å²) in [5.41, 5.74) is 0. The number of aliphatic hydroxyl groups excluding tert-OH is 1. The fraction of sp³-hybridized carbons (Fsp3) is 0.333. The lowest BCUT2D eigenvalue weighted by atomic mass is 10.4. The number of aliphatic hydroxyl groups is 1. The third kappa shape index (κ3) is 2.86. The van der Waals surface area contributed by atoms with Crippen LogP contribution in [-0.4, -0.2) is 16.9 Å². The molecule has 56 valence electrons. The summed E-state index contributed by atoms with van der Waals surface area (Å²) >= 11 is 0. The molecule has 2 N–H and O–H groups in total. The van der Waals surface area contributed by atoms with Gasteiger partial charge in [-0.1, -0.05) is 13.5 Å². The Kier molecular flexibility index (Phi) is 3.17. The highest BCUT2D eigenvalue weighted by atomic mass is 16.3. The lowest BCUT2D eigenvalue weighted by molar-refractivity contribution is -0.129. The summed E-state index contributed by atoms with van der Waals surface area (Å²) in [5.74, 6) is -1.92. The van der Waals surface area contributed by atoms with Gasteiger partial charge in [0.25, 0.3) is 5.91 Å². The van der Waals surface area contributed by atoms with Crippen LogP contribution in [0.5, 0.6) is 0 Å². The monoisotopic (exact) mass is 143 g/mol. The minimum absolute atomic E-state index is 0.207. The maximum absolute atomic E-state index is 10.4. The quantitative estimate of drug-likeness (QED) is 0.426. The van der Waals surface area contributed by atoms with Gasteiger partial charge in [0.1, 0.15) is 0 Å². The number of carbonyl (C=O) groups is 2. The van der Waals surface area contributed by atoms with Gasteiger partial charge < -0.3 is 5.11 Å². The van der Waals surface area contributed by atoms with E-state index < -0.39 is 17.6 Å². The van der Waals surface area contributed by atoms with Gasteiger partial charge in [0.15, 0.2) is 5.76 Å². The molecule has 0 aromatic rings. The highest BCUT2D eigenvalue weighted by Crippen LogP contribution is 1.82. The van der Waals surface area contributed by atoms with Gasteiger partial charge in [-0.25, -0.2) is 0 Å². The van der Waals surface area contributed by atoms with Crippen molar-refractivity contribution in [1.29, 1.82) is 0 Å². The molecule has 0 aromatic carbocycles. The van der Waals surface area contributed by atoms with Crippen LogP contribution in [0.25, 0.3) is 0 Å². The fourth-order valence-electron chi connectivity index (χ4n) is 0.287. The summed E-state index contributed by atoms with van der Waals surface area (Å²) in [6, 6.07) is 0. The number of amides is 2. The minimum atomic E-state index is -0.841. The molecule has 0 aliphatic heterocycles. The second-order valence-electron chi connectivity index (χ2n) is 1.68. The van der Waals surface area contributed by atoms with Gasteiger partial charge >= 0.3 is 0 Å². The number of hydrogen-bond donors (Lipinski definition) is 2. The van der Waals surface area contributed by atoms with Gasteiger partial charge in [-0.3, -0.25) is 14.9 Å². The molecule has 0 fully saturated rings. The van der Waals surface area contributed by atoms with E-state index in [1.807, 2.05) is 5.32 Å². The van der Waals surface area contributed by atoms with Crippen molar-refractivity contribution >= 4 is 11.8 Å². The SMILES string of the molecule is C=C(O)C(=O)NC(=O)CC. The highest BCUT2D eigenvalue weighted by molar-refractivity contribution is 6.02. The minimum Gasteiger partial charge on any atom is -0.503 e. The van der Waals surface area contributed by atoms with Crippen LogP contribution in [0.4, 0.5) is 0 Å². The number of hydrogen-bond acceptors (Lipinski definition) is 3. The van der Waals surface area contributed by atoms with Crippen LogP contribution in [0, 0.1) is 0 Å². The average Bonchev–Trinajstić information content (AvgIpc) is 1.87. The Bertz CT molecular complexity index is 174. The van der Waals surface area contributed by atoms with Crippen LogP contribution in [0.3, 0.4) is 0 Å². The van der Waals surface area contributed by atoms with Gasteiger partial charge in [0, 0.05) is 6.42 Å². The van der Waals surface area contributed by atoms with Crippen molar-refractivity contribution < 1.29 is 14.7 Å². The van der Waals surface area contributed by atoms with Crippen LogP contribution in [0.15, 0.2) is 12.3 Å². The number of imide groups is 1. The molecular formula is C6H9NO3. The van der Waals surface area contributed by atoms with Crippen LogP contribution in [-0.2, 0) is 9.59 Å². The second-order valence-corrected chi connectivity index (χ2v) is 1.68. The van der Waals surface area contributed by atoms with E-state index >= 15 is 0 Å². The molecule has 0 aliphatic rings. The lowest BCUT2D eigenvalue weighted by Crippen LogP contribution is -2.30. The molecule has 0 bridgehead atoms. The van der Waals surface area contributed by atoms with E-state index in [0.717, 1.165) is 0 Å². The molecule has 0 atom stereocenters. The molecule has 0 aliphatic carbocycles. The van der Waals surface area contributed by atoms with Gasteiger partial charge in [-0.05, 0) is 0 Å². The van der Waals surface area contributed by atoms with Crippen molar-refractivity contribution in [1.82, 2.24) is 5.32 Å². The van der Waals surface area contributed by atoms with Gasteiger partial charge in [-0.2, -0.15) is 0 Å². The van der Waals surface area contributed by atoms with Crippen molar-refractivity contribution in [2.75, 3.05) is 0 Å². The number of nitrogens with one attached hydrogen (secondary N) is 1. The summed E-state index contributed by atoms with van der Waals surface area (Å²) in [5, 5.41) is 10.3. The Labute approximate surface area is 58.5 Å². The lowest BCUT2D eigenvalue weighted by Gasteiger charge is -1.97. The molecular weight excluding hydrogens is 134 g/mol. The average molecular weight is 143 g/mol. The Hall–Kier alpha value is -1.32. The molecule has 0 heterocycles. The molecule has 0 rings (SSSR count). The summed E-state index contributed by atoms with van der Waals surface area (Å²) in [4.78, 5) is 20.9. The predicted molar refractivity (Wildman–Crippen MR) is 35.2 cm³/mol. The molecule has 0 saturated carbocycles. The van der Waals surface area contributed by atoms with Crippen LogP contribution < -0.4 is 5.32 Å². The fourth-order valence-corrected chi connectivity index (χ4v) is 0.287. The Morgan fingerprint density at radius 3 is 2.40 bits per heavy atom. The van der Waals surface area contributed by atoms with Crippen LogP contribution in [0.1, 0.15) is 13.3 Å². The van der Waals surface area contributed by atoms with E-state index in [-0.39, 0.29) is 6.42 Å². The number of rotatable bonds is 2. The molecule has 10 heavy (non-hydrogen) atoms. The van der Waals surface area contributed by atoms with E-state index in [9.17, 15) is 9.59 Å². The van der Waals surface area contributed by atoms with Crippen molar-refractivity contribution in [2.24, 2.45) is 0 Å². The molecule has 0 radical (unpaired) electrons. The zero-order chi connectivity index (χ0) is 8.15. The van der Waals surface area contributed by atoms with E-state index in [1.165, 1.54) is 0 Å². The Morgan fingerprint density at radius 2 is 2.10 bits per heavy atom. The third-order valence-corrected chi connectivity index (χ3v) is 0.836. The van der Waals surface area contributed by atoms with E-state index in [1.54, 1.807) is 6.92 Å². The first-order valence-corrected chi connectivity index (χ1v) is 2.80. The van der Waals surface area contributed by atoms with E-state index in [4.69, 9.17) is 5.11 Å². The van der Waals surface area contributed by atoms with Crippen LogP contribution in [0.2, 0.25) is 0 Å². The molecule has 0 unspecified atom stereocenters. The maximum atomic E-state index is 10.4. The molecule has 0 spiro atoms. The normalized spacial score (nSPS) is 8.50. The summed E-state index contributed by atoms with van der Waals surface area (Å²) in [7, 11) is 0. The Morgan fingerprint density at radius 1 is 1.60 bits per heavy atom. The van der Waals surface area contributed by atoms with Gasteiger partial charge in [-0.15, -0.1) is 0 Å². The van der Waals surface area contributed by atoms with Gasteiger partial charge in [0.05, 0.1) is 0 Å². The van der Waals surface area contributed by atoms with Gasteiger partial charge in [0.2, 0.25) is 5.91 Å². The van der Waals surface area contributed by atoms with E-state index in [0.29, 0.717) is 0 Å². The summed E-state index contributed by atoms with van der Waals surface area (Å²) < 4.78 is 0. The first kappa shape index (κ1) is 8.68. The summed E-state index contributed by atoms with van der Waals surface area (Å²) in [6.07, 6.45) is 0.207. The molecule has 4 nitrogen and oxygen atoms in total. The largest absolute Gasteiger partial charge is 0.503 e. The maximum Gasteiger partial charge on any atom is 0.292 e. The van der Waals surface area contributed by atoms with E-state index in [2.05, 4.69) is 6.58 Å². The predicted octanol–water partition coefficient (Wildman–Crippen LogP) is 0.111. The second kappa shape index (κ2) is 3.66. The first-order valence-electron chi connectivity index (χ1n) is 2.80. The van der Waals surface area contributed by atoms with Crippen LogP contribution >= 0.6 is 0 Å². The molecule has 4 heteroatoms. The van der Waals surface area contributed by atoms with Crippen molar-refractivity contribution in [2.45, 2.75) is 13.3 Å². The molecule has 0 aromatic heterocycles. The zero-order valence-corrected chi connectivity index (χ0v) is 5.68. The van der Waals surface area contributed by atoms with Crippen molar-refractivity contribution in [3.05, 3.63) is 12.3 Å². The summed E-state index contributed by atoms with van der Waals surface area (Å²) in [6.45, 7) is 4.53. The zero-order valence-electron chi connectivity index (χ0n) is 5.68. The Balaban J connectivity index is 3.80. The molecule has 2 amide bonds.